The van der Waals surface area contributed by atoms with Crippen molar-refractivity contribution in [2.75, 3.05) is 0 Å². The van der Waals surface area contributed by atoms with Gasteiger partial charge in [0.15, 0.2) is 6.29 Å². The van der Waals surface area contributed by atoms with Crippen LogP contribution in [0.4, 0.5) is 9.18 Å². The van der Waals surface area contributed by atoms with E-state index >= 15 is 0 Å². The zero-order valence-corrected chi connectivity index (χ0v) is 10.8. The zero-order valence-electron chi connectivity index (χ0n) is 10.8. The second kappa shape index (κ2) is 4.46. The molecule has 0 N–H and O–H groups in total. The number of fused-ring (bicyclic) bond motifs is 1. The molecule has 2 aromatic rings. The summed E-state index contributed by atoms with van der Waals surface area (Å²) in [7, 11) is 0. The van der Waals surface area contributed by atoms with Crippen molar-refractivity contribution in [2.45, 2.75) is 26.4 Å². The van der Waals surface area contributed by atoms with E-state index in [2.05, 4.69) is 4.98 Å². The van der Waals surface area contributed by atoms with Crippen molar-refractivity contribution in [3.63, 3.8) is 0 Å². The molecule has 0 saturated heterocycles. The van der Waals surface area contributed by atoms with Crippen LogP contribution in [-0.4, -0.2) is 27.5 Å². The number of nitrogens with zero attached hydrogens (tertiary/aromatic N) is 2. The van der Waals surface area contributed by atoms with Crippen molar-refractivity contribution < 1.29 is 18.7 Å². The molecule has 5 nitrogen and oxygen atoms in total. The van der Waals surface area contributed by atoms with Crippen molar-refractivity contribution in [1.29, 1.82) is 0 Å². The van der Waals surface area contributed by atoms with E-state index in [1.54, 1.807) is 20.8 Å². The summed E-state index contributed by atoms with van der Waals surface area (Å²) in [4.78, 5) is 26.7. The Morgan fingerprint density at radius 1 is 1.47 bits per heavy atom. The number of pyridine rings is 1. The van der Waals surface area contributed by atoms with E-state index < -0.39 is 17.5 Å². The largest absolute Gasteiger partial charge is 0.443 e. The minimum Gasteiger partial charge on any atom is -0.443 e. The number of rotatable bonds is 1. The van der Waals surface area contributed by atoms with Crippen molar-refractivity contribution in [3.05, 3.63) is 29.8 Å². The molecule has 0 unspecified atom stereocenters. The molecule has 19 heavy (non-hydrogen) atoms. The molecule has 2 aromatic heterocycles. The molecular weight excluding hydrogens is 251 g/mol. The average Bonchev–Trinajstić information content (AvgIpc) is 2.64. The Labute approximate surface area is 109 Å². The fourth-order valence-electron chi connectivity index (χ4n) is 1.65. The quantitative estimate of drug-likeness (QED) is 0.743. The van der Waals surface area contributed by atoms with Crippen molar-refractivity contribution in [1.82, 2.24) is 9.55 Å². The number of carbonyl (C=O) groups is 2. The number of carbonyl (C=O) groups excluding carboxylic acids is 2. The third kappa shape index (κ3) is 2.62. The predicted octanol–water partition coefficient (Wildman–Crippen LogP) is 2.77. The standard InChI is InChI=1S/C13H13FN2O3/c1-13(2,3)19-12(18)16-6-8(7-17)10-4-9(14)5-15-11(10)16/h4-7H,1-3H3. The van der Waals surface area contributed by atoms with Gasteiger partial charge in [0.25, 0.3) is 0 Å². The molecule has 0 radical (unpaired) electrons. The summed E-state index contributed by atoms with van der Waals surface area (Å²) >= 11 is 0. The van der Waals surface area contributed by atoms with Crippen LogP contribution in [0.2, 0.25) is 0 Å². The monoisotopic (exact) mass is 264 g/mol. The molecule has 0 aliphatic carbocycles. The Morgan fingerprint density at radius 2 is 2.16 bits per heavy atom. The molecule has 100 valence electrons. The van der Waals surface area contributed by atoms with E-state index in [9.17, 15) is 14.0 Å². The molecule has 0 spiro atoms. The molecule has 0 atom stereocenters. The van der Waals surface area contributed by atoms with Crippen LogP contribution in [0, 0.1) is 5.82 Å². The fraction of sp³-hybridized carbons (Fsp3) is 0.308. The van der Waals surface area contributed by atoms with Crippen molar-refractivity contribution >= 4 is 23.4 Å². The van der Waals surface area contributed by atoms with Crippen molar-refractivity contribution in [2.24, 2.45) is 0 Å². The van der Waals surface area contributed by atoms with Crippen molar-refractivity contribution in [3.8, 4) is 0 Å². The van der Waals surface area contributed by atoms with E-state index in [0.717, 1.165) is 16.8 Å². The molecule has 6 heteroatoms. The van der Waals surface area contributed by atoms with Crippen LogP contribution >= 0.6 is 0 Å². The van der Waals surface area contributed by atoms with Gasteiger partial charge in [-0.05, 0) is 26.8 Å². The molecule has 0 amide bonds. The SMILES string of the molecule is CC(C)(C)OC(=O)n1cc(C=O)c2cc(F)cnc21. The topological polar surface area (TPSA) is 61.2 Å². The van der Waals surface area contributed by atoms with Gasteiger partial charge in [0.05, 0.1) is 6.20 Å². The first-order valence-corrected chi connectivity index (χ1v) is 5.67. The Bertz CT molecular complexity index is 656. The third-order valence-corrected chi connectivity index (χ3v) is 2.36. The van der Waals surface area contributed by atoms with Gasteiger partial charge in [-0.15, -0.1) is 0 Å². The lowest BCUT2D eigenvalue weighted by Crippen LogP contribution is -2.26. The van der Waals surface area contributed by atoms with Gasteiger partial charge in [-0.25, -0.2) is 18.7 Å². The first-order valence-electron chi connectivity index (χ1n) is 5.67. The summed E-state index contributed by atoms with van der Waals surface area (Å²) in [5.74, 6) is -0.572. The van der Waals surface area contributed by atoms with Crippen LogP contribution in [0.15, 0.2) is 18.5 Å². The van der Waals surface area contributed by atoms with E-state index in [4.69, 9.17) is 4.74 Å². The van der Waals surface area contributed by atoms with Gasteiger partial charge in [-0.3, -0.25) is 4.79 Å². The van der Waals surface area contributed by atoms with E-state index in [1.165, 1.54) is 6.20 Å². The molecule has 0 aromatic carbocycles. The first-order chi connectivity index (χ1) is 8.81. The van der Waals surface area contributed by atoms with Gasteiger partial charge in [0.2, 0.25) is 0 Å². The van der Waals surface area contributed by atoms with Crippen LogP contribution in [0.3, 0.4) is 0 Å². The molecule has 0 fully saturated rings. The Balaban J connectivity index is 2.55. The highest BCUT2D eigenvalue weighted by Crippen LogP contribution is 2.20. The molecule has 0 aliphatic heterocycles. The fourth-order valence-corrected chi connectivity index (χ4v) is 1.65. The number of aromatic nitrogens is 2. The number of aldehydes is 1. The zero-order chi connectivity index (χ0) is 14.2. The summed E-state index contributed by atoms with van der Waals surface area (Å²) in [6.45, 7) is 5.18. The van der Waals surface area contributed by atoms with Gasteiger partial charge >= 0.3 is 6.09 Å². The van der Waals surface area contributed by atoms with E-state index in [0.29, 0.717) is 6.29 Å². The number of ether oxygens (including phenoxy) is 1. The summed E-state index contributed by atoms with van der Waals surface area (Å²) in [6, 6.07) is 1.16. The lowest BCUT2D eigenvalue weighted by molar-refractivity contribution is 0.0543. The highest BCUT2D eigenvalue weighted by atomic mass is 19.1. The Kier molecular flexibility index (Phi) is 3.09. The molecular formula is C13H13FN2O3. The van der Waals surface area contributed by atoms with Crippen LogP contribution in [0.1, 0.15) is 31.1 Å². The number of halogens is 1. The van der Waals surface area contributed by atoms with Gasteiger partial charge in [0, 0.05) is 17.1 Å². The van der Waals surface area contributed by atoms with Crippen LogP contribution in [0.5, 0.6) is 0 Å². The molecule has 0 bridgehead atoms. The lowest BCUT2D eigenvalue weighted by Gasteiger charge is -2.19. The predicted molar refractivity (Wildman–Crippen MR) is 66.7 cm³/mol. The minimum atomic E-state index is -0.672. The number of hydrogen-bond acceptors (Lipinski definition) is 4. The Morgan fingerprint density at radius 3 is 2.74 bits per heavy atom. The van der Waals surface area contributed by atoms with Crippen LogP contribution in [0.25, 0.3) is 11.0 Å². The maximum Gasteiger partial charge on any atom is 0.420 e. The normalized spacial score (nSPS) is 11.6. The van der Waals surface area contributed by atoms with E-state index in [1.807, 2.05) is 0 Å². The summed E-state index contributed by atoms with van der Waals surface area (Å²) in [5, 5.41) is 0.279. The van der Waals surface area contributed by atoms with Gasteiger partial charge in [-0.1, -0.05) is 0 Å². The molecule has 2 rings (SSSR count). The second-order valence-corrected chi connectivity index (χ2v) is 5.08. The number of hydrogen-bond donors (Lipinski definition) is 0. The summed E-state index contributed by atoms with van der Waals surface area (Å²) in [6.07, 6.45) is 2.16. The maximum absolute atomic E-state index is 13.1. The van der Waals surface area contributed by atoms with Crippen LogP contribution in [-0.2, 0) is 4.74 Å². The molecule has 0 aliphatic rings. The highest BCUT2D eigenvalue weighted by Gasteiger charge is 2.21. The highest BCUT2D eigenvalue weighted by molar-refractivity contribution is 5.99. The average molecular weight is 264 g/mol. The van der Waals surface area contributed by atoms with Crippen LogP contribution < -0.4 is 0 Å². The van der Waals surface area contributed by atoms with Gasteiger partial charge in [-0.2, -0.15) is 0 Å². The first kappa shape index (κ1) is 13.2. The smallest absolute Gasteiger partial charge is 0.420 e. The minimum absolute atomic E-state index is 0.188. The van der Waals surface area contributed by atoms with E-state index in [-0.39, 0.29) is 16.6 Å². The third-order valence-electron chi connectivity index (χ3n) is 2.36. The second-order valence-electron chi connectivity index (χ2n) is 5.08. The summed E-state index contributed by atoms with van der Waals surface area (Å²) < 4.78 is 19.4. The maximum atomic E-state index is 13.1. The lowest BCUT2D eigenvalue weighted by atomic mass is 10.2. The summed E-state index contributed by atoms with van der Waals surface area (Å²) in [5.41, 5.74) is -0.291. The molecule has 0 saturated carbocycles. The van der Waals surface area contributed by atoms with Gasteiger partial charge < -0.3 is 4.74 Å². The van der Waals surface area contributed by atoms with Gasteiger partial charge in [0.1, 0.15) is 17.1 Å². The molecule has 2 heterocycles. The Hall–Kier alpha value is -2.24.